The van der Waals surface area contributed by atoms with Gasteiger partial charge in [-0.15, -0.1) is 0 Å². The Labute approximate surface area is 218 Å². The summed E-state index contributed by atoms with van der Waals surface area (Å²) in [6.07, 6.45) is -6.65. The van der Waals surface area contributed by atoms with E-state index in [1.54, 1.807) is 6.07 Å². The van der Waals surface area contributed by atoms with Crippen molar-refractivity contribution in [3.63, 3.8) is 0 Å². The quantitative estimate of drug-likeness (QED) is 0.115. The van der Waals surface area contributed by atoms with E-state index in [9.17, 15) is 43.9 Å². The first-order valence-electron chi connectivity index (χ1n) is 11.2. The largest absolute Gasteiger partial charge is 0.458 e. The third kappa shape index (κ3) is 7.91. The number of rotatable bonds is 8. The molecule has 0 saturated heterocycles. The highest BCUT2D eigenvalue weighted by Gasteiger charge is 2.41. The molecular weight excluding hydrogens is 542 g/mol. The minimum atomic E-state index is -5.08. The molecule has 0 fully saturated rings. The van der Waals surface area contributed by atoms with Crippen LogP contribution in [0.15, 0.2) is 42.5 Å². The van der Waals surface area contributed by atoms with Gasteiger partial charge in [0.05, 0.1) is 5.56 Å². The molecule has 0 heterocycles. The second kappa shape index (κ2) is 12.5. The van der Waals surface area contributed by atoms with Gasteiger partial charge in [-0.25, -0.2) is 22.0 Å². The Bertz CT molecular complexity index is 1340. The van der Waals surface area contributed by atoms with Crippen LogP contribution in [0.1, 0.15) is 42.9 Å². The number of ether oxygens (including phenoxy) is 1. The van der Waals surface area contributed by atoms with E-state index in [1.165, 1.54) is 18.1 Å². The molecule has 210 valence electrons. The highest BCUT2D eigenvalue weighted by molar-refractivity contribution is 5.65. The molecule has 0 atom stereocenters. The molecule has 39 heavy (non-hydrogen) atoms. The molecule has 1 nitrogen and oxygen atoms in total. The molecule has 0 aliphatic heterocycles. The first-order valence-corrected chi connectivity index (χ1v) is 11.2. The molecule has 0 spiro atoms. The number of aryl methyl sites for hydroxylation is 1. The summed E-state index contributed by atoms with van der Waals surface area (Å²) in [6.45, 7) is 2.00. The second-order valence-corrected chi connectivity index (χ2v) is 8.21. The Morgan fingerprint density at radius 3 is 1.85 bits per heavy atom. The van der Waals surface area contributed by atoms with Gasteiger partial charge in [-0.05, 0) is 42.2 Å². The van der Waals surface area contributed by atoms with Crippen LogP contribution in [0.25, 0.3) is 11.1 Å². The number of benzene rings is 3. The molecule has 0 bridgehead atoms. The van der Waals surface area contributed by atoms with Crippen LogP contribution in [0.4, 0.5) is 43.9 Å². The van der Waals surface area contributed by atoms with Crippen molar-refractivity contribution in [1.29, 1.82) is 0 Å². The molecular formula is C28H21F10O-. The number of unbranched alkanes of at least 4 members (excludes halogenated alkanes) is 2. The third-order valence-electron chi connectivity index (χ3n) is 5.34. The van der Waals surface area contributed by atoms with Crippen LogP contribution in [-0.2, 0) is 12.5 Å². The van der Waals surface area contributed by atoms with Crippen LogP contribution in [-0.4, -0.2) is 6.18 Å². The highest BCUT2D eigenvalue weighted by atomic mass is 19.4. The fraction of sp³-hybridized carbons (Fsp3) is 0.250. The third-order valence-corrected chi connectivity index (χ3v) is 5.34. The van der Waals surface area contributed by atoms with Crippen LogP contribution < -0.4 is 4.74 Å². The minimum absolute atomic E-state index is 0. The Morgan fingerprint density at radius 1 is 0.744 bits per heavy atom. The zero-order valence-corrected chi connectivity index (χ0v) is 20.6. The summed E-state index contributed by atoms with van der Waals surface area (Å²) in [5.41, 5.74) is -3.30. The Morgan fingerprint density at radius 2 is 1.33 bits per heavy atom. The Balaban J connectivity index is 0.00000533. The first kappa shape index (κ1) is 31.5. The fourth-order valence-electron chi connectivity index (χ4n) is 3.59. The molecule has 0 N–H and O–H groups in total. The normalized spacial score (nSPS) is 11.5. The smallest absolute Gasteiger partial charge is 0.429 e. The molecule has 0 aromatic heterocycles. The molecule has 0 saturated carbocycles. The lowest BCUT2D eigenvalue weighted by atomic mass is 9.99. The van der Waals surface area contributed by atoms with Gasteiger partial charge in [0.1, 0.15) is 40.4 Å². The van der Waals surface area contributed by atoms with E-state index in [2.05, 4.69) is 4.74 Å². The van der Waals surface area contributed by atoms with Crippen molar-refractivity contribution in [3.8, 4) is 28.7 Å². The topological polar surface area (TPSA) is 9.23 Å². The lowest BCUT2D eigenvalue weighted by Gasteiger charge is -2.20. The van der Waals surface area contributed by atoms with Crippen LogP contribution >= 0.6 is 0 Å². The second-order valence-electron chi connectivity index (χ2n) is 8.21. The molecule has 3 rings (SSSR count). The summed E-state index contributed by atoms with van der Waals surface area (Å²) in [7, 11) is 0. The van der Waals surface area contributed by atoms with Gasteiger partial charge in [-0.1, -0.05) is 37.8 Å². The monoisotopic (exact) mass is 563 g/mol. The van der Waals surface area contributed by atoms with Crippen molar-refractivity contribution in [3.05, 3.63) is 95.7 Å². The van der Waals surface area contributed by atoms with Gasteiger partial charge in [0, 0.05) is 23.6 Å². The van der Waals surface area contributed by atoms with Crippen LogP contribution in [0.2, 0.25) is 0 Å². The van der Waals surface area contributed by atoms with E-state index < -0.39 is 58.2 Å². The standard InChI is InChI=1S/C27H18F10O.CH3/c1-2-3-4-5-15-6-7-18(20(28)10-15)16-11-23(31)25(24(32)12-16)27(36,37)38-17-13-21(29)19(22(30)14-17)8-9-26(33,34)35;/h6-7,10-14H,2-5H2,1H3;1H3/q;-1. The van der Waals surface area contributed by atoms with Gasteiger partial charge in [0.15, 0.2) is 0 Å². The molecule has 0 radical (unpaired) electrons. The van der Waals surface area contributed by atoms with Crippen molar-refractivity contribution in [2.24, 2.45) is 0 Å². The summed E-state index contributed by atoms with van der Waals surface area (Å²) < 4.78 is 142. The average Bonchev–Trinajstić information content (AvgIpc) is 2.77. The number of halogens is 10. The van der Waals surface area contributed by atoms with E-state index in [0.717, 1.165) is 19.3 Å². The summed E-state index contributed by atoms with van der Waals surface area (Å²) in [5, 5.41) is 0. The zero-order valence-electron chi connectivity index (χ0n) is 20.6. The predicted molar refractivity (Wildman–Crippen MR) is 125 cm³/mol. The summed E-state index contributed by atoms with van der Waals surface area (Å²) in [5.74, 6) is -7.55. The van der Waals surface area contributed by atoms with E-state index >= 15 is 0 Å². The maximum Gasteiger partial charge on any atom is 0.458 e. The predicted octanol–water partition coefficient (Wildman–Crippen LogP) is 9.27. The van der Waals surface area contributed by atoms with Crippen LogP contribution in [0.3, 0.4) is 0 Å². The van der Waals surface area contributed by atoms with Crippen molar-refractivity contribution >= 4 is 0 Å². The highest BCUT2D eigenvalue weighted by Crippen LogP contribution is 2.38. The van der Waals surface area contributed by atoms with E-state index in [-0.39, 0.29) is 30.7 Å². The maximum atomic E-state index is 14.7. The fourth-order valence-corrected chi connectivity index (χ4v) is 3.59. The van der Waals surface area contributed by atoms with Gasteiger partial charge in [-0.2, -0.15) is 22.0 Å². The number of hydrogen-bond donors (Lipinski definition) is 0. The van der Waals surface area contributed by atoms with Crippen molar-refractivity contribution < 1.29 is 48.6 Å². The first-order chi connectivity index (χ1) is 17.7. The average molecular weight is 563 g/mol. The van der Waals surface area contributed by atoms with Crippen molar-refractivity contribution in [2.75, 3.05) is 0 Å². The Hall–Kier alpha value is -3.68. The number of hydrogen-bond acceptors (Lipinski definition) is 1. The molecule has 0 amide bonds. The van der Waals surface area contributed by atoms with E-state index in [4.69, 9.17) is 0 Å². The van der Waals surface area contributed by atoms with Gasteiger partial charge >= 0.3 is 12.3 Å². The zero-order chi connectivity index (χ0) is 28.3. The molecule has 0 unspecified atom stereocenters. The molecule has 0 aliphatic carbocycles. The molecule has 3 aromatic carbocycles. The lowest BCUT2D eigenvalue weighted by molar-refractivity contribution is -0.189. The van der Waals surface area contributed by atoms with Gasteiger partial charge < -0.3 is 12.2 Å². The van der Waals surface area contributed by atoms with Gasteiger partial charge in [-0.3, -0.25) is 0 Å². The van der Waals surface area contributed by atoms with Crippen LogP contribution in [0.5, 0.6) is 5.75 Å². The summed E-state index contributed by atoms with van der Waals surface area (Å²) in [6, 6.07) is 5.04. The minimum Gasteiger partial charge on any atom is -0.429 e. The Kier molecular flexibility index (Phi) is 10.1. The summed E-state index contributed by atoms with van der Waals surface area (Å²) in [4.78, 5) is 0. The van der Waals surface area contributed by atoms with Crippen LogP contribution in [0, 0.1) is 48.4 Å². The lowest BCUT2D eigenvalue weighted by Crippen LogP contribution is -2.25. The van der Waals surface area contributed by atoms with E-state index in [0.29, 0.717) is 30.0 Å². The SMILES string of the molecule is CCCCCc1ccc(-c2cc(F)c(C(F)(F)Oc3cc(F)c(C#CC(F)(F)F)c(F)c3)c(F)c2)c(F)c1.[CH3-]. The number of alkyl halides is 5. The van der Waals surface area contributed by atoms with Crippen molar-refractivity contribution in [2.45, 2.75) is 44.9 Å². The van der Waals surface area contributed by atoms with Gasteiger partial charge in [0.2, 0.25) is 0 Å². The molecule has 0 aliphatic rings. The van der Waals surface area contributed by atoms with Gasteiger partial charge in [0.25, 0.3) is 0 Å². The maximum absolute atomic E-state index is 14.7. The molecule has 3 aromatic rings. The molecule has 11 heteroatoms. The van der Waals surface area contributed by atoms with Crippen molar-refractivity contribution in [1.82, 2.24) is 0 Å². The van der Waals surface area contributed by atoms with E-state index in [1.807, 2.05) is 6.92 Å². The summed E-state index contributed by atoms with van der Waals surface area (Å²) >= 11 is 0.